The minimum absolute atomic E-state index is 0.146. The maximum Gasteiger partial charge on any atom is 0.321 e. The number of anilines is 1. The van der Waals surface area contributed by atoms with Crippen molar-refractivity contribution in [2.45, 2.75) is 37.8 Å². The van der Waals surface area contributed by atoms with Crippen molar-refractivity contribution in [3.05, 3.63) is 28.2 Å². The Morgan fingerprint density at radius 1 is 1.24 bits per heavy atom. The maximum atomic E-state index is 12.3. The van der Waals surface area contributed by atoms with Gasteiger partial charge in [-0.15, -0.1) is 0 Å². The van der Waals surface area contributed by atoms with Crippen LogP contribution >= 0.6 is 23.2 Å². The summed E-state index contributed by atoms with van der Waals surface area (Å²) in [5, 5.41) is 7.16. The lowest BCUT2D eigenvalue weighted by Gasteiger charge is -2.34. The van der Waals surface area contributed by atoms with E-state index in [1.165, 1.54) is 0 Å². The average molecular weight is 330 g/mol. The molecule has 1 aromatic carbocycles. The second-order valence-electron chi connectivity index (χ2n) is 5.46. The summed E-state index contributed by atoms with van der Waals surface area (Å²) in [4.78, 5) is 14.1. The van der Waals surface area contributed by atoms with E-state index in [-0.39, 0.29) is 12.1 Å². The highest BCUT2D eigenvalue weighted by atomic mass is 35.5. The van der Waals surface area contributed by atoms with Gasteiger partial charge in [0.25, 0.3) is 0 Å². The first-order valence-electron chi connectivity index (χ1n) is 7.17. The minimum Gasteiger partial charge on any atom is -0.325 e. The SMILES string of the molecule is CNC1CCC(N(C)C(=O)Nc2cc(Cl)ccc2Cl)CC1. The van der Waals surface area contributed by atoms with Crippen LogP contribution in [0.2, 0.25) is 10.0 Å². The van der Waals surface area contributed by atoms with E-state index in [4.69, 9.17) is 23.2 Å². The lowest BCUT2D eigenvalue weighted by Crippen LogP contribution is -2.44. The number of benzene rings is 1. The second kappa shape index (κ2) is 7.34. The Bertz CT molecular complexity index is 502. The Balaban J connectivity index is 1.95. The summed E-state index contributed by atoms with van der Waals surface area (Å²) >= 11 is 12.0. The lowest BCUT2D eigenvalue weighted by atomic mass is 9.90. The van der Waals surface area contributed by atoms with Crippen LogP contribution < -0.4 is 10.6 Å². The number of urea groups is 1. The molecule has 4 nitrogen and oxygen atoms in total. The fourth-order valence-corrected chi connectivity index (χ4v) is 3.05. The van der Waals surface area contributed by atoms with Crippen LogP contribution in [-0.2, 0) is 0 Å². The van der Waals surface area contributed by atoms with Crippen molar-refractivity contribution in [2.75, 3.05) is 19.4 Å². The zero-order valence-corrected chi connectivity index (χ0v) is 13.8. The third-order valence-corrected chi connectivity index (χ3v) is 4.71. The van der Waals surface area contributed by atoms with E-state index in [0.717, 1.165) is 25.7 Å². The van der Waals surface area contributed by atoms with Gasteiger partial charge in [-0.1, -0.05) is 23.2 Å². The quantitative estimate of drug-likeness (QED) is 0.880. The maximum absolute atomic E-state index is 12.3. The van der Waals surface area contributed by atoms with Gasteiger partial charge in [-0.3, -0.25) is 0 Å². The molecule has 2 N–H and O–H groups in total. The molecular formula is C15H21Cl2N3O. The molecule has 1 aliphatic carbocycles. The molecular weight excluding hydrogens is 309 g/mol. The Morgan fingerprint density at radius 2 is 1.90 bits per heavy atom. The highest BCUT2D eigenvalue weighted by Crippen LogP contribution is 2.27. The van der Waals surface area contributed by atoms with Gasteiger partial charge in [-0.05, 0) is 50.9 Å². The number of amides is 2. The van der Waals surface area contributed by atoms with Crippen molar-refractivity contribution < 1.29 is 4.79 Å². The van der Waals surface area contributed by atoms with Gasteiger partial charge in [0.15, 0.2) is 0 Å². The van der Waals surface area contributed by atoms with Crippen molar-refractivity contribution in [1.82, 2.24) is 10.2 Å². The van der Waals surface area contributed by atoms with Crippen molar-refractivity contribution in [3.63, 3.8) is 0 Å². The Hall–Kier alpha value is -0.970. The highest BCUT2D eigenvalue weighted by molar-refractivity contribution is 6.35. The molecule has 1 aromatic rings. The Kier molecular flexibility index (Phi) is 5.73. The van der Waals surface area contributed by atoms with Crippen LogP contribution in [0.15, 0.2) is 18.2 Å². The molecule has 0 saturated heterocycles. The fourth-order valence-electron chi connectivity index (χ4n) is 2.71. The Morgan fingerprint density at radius 3 is 2.52 bits per heavy atom. The van der Waals surface area contributed by atoms with Crippen LogP contribution in [0.3, 0.4) is 0 Å². The van der Waals surface area contributed by atoms with Crippen LogP contribution in [-0.4, -0.2) is 37.1 Å². The van der Waals surface area contributed by atoms with E-state index < -0.39 is 0 Å². The van der Waals surface area contributed by atoms with Gasteiger partial charge in [0, 0.05) is 24.2 Å². The highest BCUT2D eigenvalue weighted by Gasteiger charge is 2.26. The van der Waals surface area contributed by atoms with Crippen LogP contribution in [0.1, 0.15) is 25.7 Å². The lowest BCUT2D eigenvalue weighted by molar-refractivity contribution is 0.178. The van der Waals surface area contributed by atoms with Crippen molar-refractivity contribution in [3.8, 4) is 0 Å². The van der Waals surface area contributed by atoms with Gasteiger partial charge in [0.05, 0.1) is 10.7 Å². The predicted molar refractivity (Wildman–Crippen MR) is 88.3 cm³/mol. The van der Waals surface area contributed by atoms with E-state index in [1.54, 1.807) is 23.1 Å². The smallest absolute Gasteiger partial charge is 0.321 e. The van der Waals surface area contributed by atoms with Crippen molar-refractivity contribution >= 4 is 34.9 Å². The molecule has 1 saturated carbocycles. The number of hydrogen-bond acceptors (Lipinski definition) is 2. The van der Waals surface area contributed by atoms with Crippen LogP contribution in [0.25, 0.3) is 0 Å². The molecule has 0 aliphatic heterocycles. The molecule has 6 heteroatoms. The molecule has 0 atom stereocenters. The van der Waals surface area contributed by atoms with Crippen LogP contribution in [0.5, 0.6) is 0 Å². The predicted octanol–water partition coefficient (Wildman–Crippen LogP) is 3.99. The van der Waals surface area contributed by atoms with Gasteiger partial charge in [-0.25, -0.2) is 4.79 Å². The summed E-state index contributed by atoms with van der Waals surface area (Å²) in [7, 11) is 3.82. The molecule has 21 heavy (non-hydrogen) atoms. The van der Waals surface area contributed by atoms with Crippen LogP contribution in [0, 0.1) is 0 Å². The summed E-state index contributed by atoms with van der Waals surface area (Å²) in [6.07, 6.45) is 4.21. The van der Waals surface area contributed by atoms with Crippen molar-refractivity contribution in [1.29, 1.82) is 0 Å². The van der Waals surface area contributed by atoms with E-state index in [2.05, 4.69) is 10.6 Å². The van der Waals surface area contributed by atoms with Gasteiger partial charge < -0.3 is 15.5 Å². The molecule has 0 unspecified atom stereocenters. The molecule has 0 aromatic heterocycles. The fraction of sp³-hybridized carbons (Fsp3) is 0.533. The van der Waals surface area contributed by atoms with E-state index in [0.29, 0.717) is 21.8 Å². The van der Waals surface area contributed by atoms with Gasteiger partial charge in [0.2, 0.25) is 0 Å². The van der Waals surface area contributed by atoms with Crippen LogP contribution in [0.4, 0.5) is 10.5 Å². The molecule has 2 rings (SSSR count). The van der Waals surface area contributed by atoms with E-state index >= 15 is 0 Å². The molecule has 0 radical (unpaired) electrons. The summed E-state index contributed by atoms with van der Waals surface area (Å²) in [6.45, 7) is 0. The molecule has 1 aliphatic rings. The summed E-state index contributed by atoms with van der Waals surface area (Å²) < 4.78 is 0. The normalized spacial score (nSPS) is 21.9. The molecule has 116 valence electrons. The van der Waals surface area contributed by atoms with Gasteiger partial charge in [-0.2, -0.15) is 0 Å². The topological polar surface area (TPSA) is 44.4 Å². The monoisotopic (exact) mass is 329 g/mol. The zero-order valence-electron chi connectivity index (χ0n) is 12.3. The summed E-state index contributed by atoms with van der Waals surface area (Å²) in [5.41, 5.74) is 0.546. The summed E-state index contributed by atoms with van der Waals surface area (Å²) in [6, 6.07) is 5.73. The van der Waals surface area contributed by atoms with E-state index in [9.17, 15) is 4.79 Å². The summed E-state index contributed by atoms with van der Waals surface area (Å²) in [5.74, 6) is 0. The number of rotatable bonds is 3. The largest absolute Gasteiger partial charge is 0.325 e. The number of nitrogens with one attached hydrogen (secondary N) is 2. The molecule has 1 fully saturated rings. The van der Waals surface area contributed by atoms with Crippen molar-refractivity contribution in [2.24, 2.45) is 0 Å². The number of halogens is 2. The molecule has 0 bridgehead atoms. The van der Waals surface area contributed by atoms with Gasteiger partial charge >= 0.3 is 6.03 Å². The zero-order chi connectivity index (χ0) is 15.4. The number of hydrogen-bond donors (Lipinski definition) is 2. The molecule has 0 heterocycles. The first-order chi connectivity index (χ1) is 10.0. The molecule has 0 spiro atoms. The standard InChI is InChI=1S/C15H21Cl2N3O/c1-18-11-4-6-12(7-5-11)20(2)15(21)19-14-9-10(16)3-8-13(14)17/h3,8-9,11-12,18H,4-7H2,1-2H3,(H,19,21). The minimum atomic E-state index is -0.146. The van der Waals surface area contributed by atoms with E-state index in [1.807, 2.05) is 14.1 Å². The average Bonchev–Trinajstić information content (AvgIpc) is 2.50. The third kappa shape index (κ3) is 4.25. The second-order valence-corrected chi connectivity index (χ2v) is 6.30. The first-order valence-corrected chi connectivity index (χ1v) is 7.93. The Labute approximate surface area is 135 Å². The number of carbonyl (C=O) groups is 1. The number of carbonyl (C=O) groups excluding carboxylic acids is 1. The first kappa shape index (κ1) is 16.4. The molecule has 2 amide bonds. The van der Waals surface area contributed by atoms with Gasteiger partial charge in [0.1, 0.15) is 0 Å². The number of nitrogens with zero attached hydrogens (tertiary/aromatic N) is 1. The third-order valence-electron chi connectivity index (χ3n) is 4.14.